The van der Waals surface area contributed by atoms with Gasteiger partial charge in [-0.05, 0) is 56.5 Å². The number of carbonyl (C=O) groups excluding carboxylic acids is 2. The molecule has 1 aliphatic rings. The number of halogens is 1. The summed E-state index contributed by atoms with van der Waals surface area (Å²) in [6.45, 7) is 2.08. The fourth-order valence-electron chi connectivity index (χ4n) is 3.53. The molecule has 0 radical (unpaired) electrons. The Morgan fingerprint density at radius 2 is 1.97 bits per heavy atom. The number of nitrogens with one attached hydrogen (secondary N) is 2. The number of benzene rings is 1. The zero-order chi connectivity index (χ0) is 21.3. The minimum absolute atomic E-state index is 0.123. The van der Waals surface area contributed by atoms with Crippen molar-refractivity contribution in [1.29, 1.82) is 0 Å². The molecule has 9 heteroatoms. The second-order valence-corrected chi connectivity index (χ2v) is 9.73. The van der Waals surface area contributed by atoms with E-state index < -0.39 is 0 Å². The molecular formula is C21H19ClN2O3S3. The van der Waals surface area contributed by atoms with Gasteiger partial charge in [-0.25, -0.2) is 4.79 Å². The van der Waals surface area contributed by atoms with Crippen LogP contribution in [-0.2, 0) is 17.6 Å². The smallest absolute Gasteiger partial charge is 0.341 e. The predicted molar refractivity (Wildman–Crippen MR) is 127 cm³/mol. The van der Waals surface area contributed by atoms with Crippen LogP contribution < -0.4 is 10.6 Å². The number of aryl methyl sites for hydroxylation is 1. The normalized spacial score (nSPS) is 13.0. The lowest BCUT2D eigenvalue weighted by atomic mass is 9.95. The number of carbonyl (C=O) groups is 2. The van der Waals surface area contributed by atoms with Crippen molar-refractivity contribution in [1.82, 2.24) is 5.32 Å². The van der Waals surface area contributed by atoms with Crippen molar-refractivity contribution in [3.05, 3.63) is 50.2 Å². The highest BCUT2D eigenvalue weighted by Gasteiger charge is 2.27. The van der Waals surface area contributed by atoms with Gasteiger partial charge in [0, 0.05) is 15.0 Å². The lowest BCUT2D eigenvalue weighted by Gasteiger charge is -2.13. The molecular weight excluding hydrogens is 460 g/mol. The van der Waals surface area contributed by atoms with Gasteiger partial charge in [0.1, 0.15) is 9.88 Å². The topological polar surface area (TPSA) is 67.4 Å². The van der Waals surface area contributed by atoms with Crippen LogP contribution in [0.2, 0.25) is 5.02 Å². The quantitative estimate of drug-likeness (QED) is 0.366. The Hall–Kier alpha value is -2.00. The summed E-state index contributed by atoms with van der Waals surface area (Å²) in [5.41, 5.74) is 1.57. The second kappa shape index (κ2) is 9.01. The standard InChI is InChI=1S/C21H19ClN2O3S3/c1-2-27-20(26)15-11-7-3-5-9-13(11)30-19(15)24-21(28)23-18(25)17-16(22)12-8-4-6-10-14(12)29-17/h4,6,8,10H,2-3,5,7,9H2,1H3,(H2,23,24,25,28). The van der Waals surface area contributed by atoms with Gasteiger partial charge >= 0.3 is 5.97 Å². The fourth-order valence-corrected chi connectivity index (χ4v) is 6.48. The van der Waals surface area contributed by atoms with E-state index in [1.807, 2.05) is 24.3 Å². The van der Waals surface area contributed by atoms with Gasteiger partial charge in [0.2, 0.25) is 0 Å². The molecule has 1 aliphatic carbocycles. The first-order chi connectivity index (χ1) is 14.5. The fraction of sp³-hybridized carbons (Fsp3) is 0.286. The minimum Gasteiger partial charge on any atom is -0.462 e. The van der Waals surface area contributed by atoms with E-state index in [0.29, 0.717) is 27.1 Å². The van der Waals surface area contributed by atoms with Crippen molar-refractivity contribution < 1.29 is 14.3 Å². The number of thiophene rings is 2. The largest absolute Gasteiger partial charge is 0.462 e. The molecule has 5 nitrogen and oxygen atoms in total. The average Bonchev–Trinajstić information content (AvgIpc) is 3.25. The number of ether oxygens (including phenoxy) is 1. The molecule has 1 aromatic carbocycles. The molecule has 4 rings (SSSR count). The van der Waals surface area contributed by atoms with E-state index in [-0.39, 0.29) is 17.0 Å². The van der Waals surface area contributed by atoms with Gasteiger partial charge in [0.15, 0.2) is 5.11 Å². The van der Waals surface area contributed by atoms with Crippen LogP contribution in [0.15, 0.2) is 24.3 Å². The molecule has 156 valence electrons. The number of hydrogen-bond donors (Lipinski definition) is 2. The molecule has 0 spiro atoms. The Bertz CT molecular complexity index is 1150. The van der Waals surface area contributed by atoms with E-state index in [1.54, 1.807) is 6.92 Å². The van der Waals surface area contributed by atoms with Crippen LogP contribution in [0.5, 0.6) is 0 Å². The minimum atomic E-state index is -0.377. The maximum atomic E-state index is 12.8. The molecule has 0 saturated heterocycles. The third-order valence-corrected chi connectivity index (χ3v) is 7.93. The summed E-state index contributed by atoms with van der Waals surface area (Å²) in [6, 6.07) is 7.58. The number of esters is 1. The molecule has 0 saturated carbocycles. The van der Waals surface area contributed by atoms with E-state index in [0.717, 1.165) is 41.3 Å². The highest BCUT2D eigenvalue weighted by molar-refractivity contribution is 7.80. The van der Waals surface area contributed by atoms with Crippen LogP contribution >= 0.6 is 46.5 Å². The summed E-state index contributed by atoms with van der Waals surface area (Å²) in [4.78, 5) is 26.9. The molecule has 2 heterocycles. The summed E-state index contributed by atoms with van der Waals surface area (Å²) in [6.07, 6.45) is 3.92. The van der Waals surface area contributed by atoms with Gasteiger partial charge in [-0.2, -0.15) is 0 Å². The van der Waals surface area contributed by atoms with Gasteiger partial charge in [-0.3, -0.25) is 10.1 Å². The molecule has 1 amide bonds. The van der Waals surface area contributed by atoms with Crippen molar-refractivity contribution >= 4 is 78.6 Å². The first-order valence-corrected chi connectivity index (χ1v) is 12.0. The molecule has 0 unspecified atom stereocenters. The van der Waals surface area contributed by atoms with Gasteiger partial charge in [0.05, 0.1) is 17.2 Å². The van der Waals surface area contributed by atoms with Gasteiger partial charge in [-0.15, -0.1) is 22.7 Å². The number of thiocarbonyl (C=S) groups is 1. The Morgan fingerprint density at radius 3 is 2.73 bits per heavy atom. The zero-order valence-electron chi connectivity index (χ0n) is 16.2. The van der Waals surface area contributed by atoms with Crippen LogP contribution in [-0.4, -0.2) is 23.6 Å². The Kier molecular flexibility index (Phi) is 6.38. The molecule has 0 atom stereocenters. The van der Waals surface area contributed by atoms with Gasteiger partial charge in [0.25, 0.3) is 5.91 Å². The summed E-state index contributed by atoms with van der Waals surface area (Å²) < 4.78 is 6.19. The highest BCUT2D eigenvalue weighted by atomic mass is 35.5. The van der Waals surface area contributed by atoms with E-state index in [1.165, 1.54) is 27.6 Å². The second-order valence-electron chi connectivity index (χ2n) is 6.79. The van der Waals surface area contributed by atoms with Crippen molar-refractivity contribution in [2.45, 2.75) is 32.6 Å². The maximum Gasteiger partial charge on any atom is 0.341 e. The SMILES string of the molecule is CCOC(=O)c1c(NC(=S)NC(=O)c2sc3ccccc3c2Cl)sc2c1CCCC2. The maximum absolute atomic E-state index is 12.8. The van der Waals surface area contributed by atoms with Crippen molar-refractivity contribution in [3.63, 3.8) is 0 Å². The van der Waals surface area contributed by atoms with Crippen molar-refractivity contribution in [2.75, 3.05) is 11.9 Å². The molecule has 2 N–H and O–H groups in total. The number of anilines is 1. The first-order valence-electron chi connectivity index (χ1n) is 9.60. The number of fused-ring (bicyclic) bond motifs is 2. The Labute approximate surface area is 192 Å². The van der Waals surface area contributed by atoms with Crippen molar-refractivity contribution in [3.8, 4) is 0 Å². The Balaban J connectivity index is 1.55. The number of rotatable bonds is 4. The molecule has 2 aromatic heterocycles. The molecule has 0 fully saturated rings. The predicted octanol–water partition coefficient (Wildman–Crippen LogP) is 5.80. The first kappa shape index (κ1) is 21.2. The van der Waals surface area contributed by atoms with Crippen molar-refractivity contribution in [2.24, 2.45) is 0 Å². The Morgan fingerprint density at radius 1 is 1.20 bits per heavy atom. The summed E-state index contributed by atoms with van der Waals surface area (Å²) in [7, 11) is 0. The summed E-state index contributed by atoms with van der Waals surface area (Å²) in [5, 5.41) is 7.72. The van der Waals surface area contributed by atoms with E-state index in [9.17, 15) is 9.59 Å². The monoisotopic (exact) mass is 478 g/mol. The lowest BCUT2D eigenvalue weighted by molar-refractivity contribution is 0.0526. The molecule has 0 aliphatic heterocycles. The average molecular weight is 479 g/mol. The number of amides is 1. The highest BCUT2D eigenvalue weighted by Crippen LogP contribution is 2.39. The molecule has 30 heavy (non-hydrogen) atoms. The molecule has 3 aromatic rings. The third-order valence-electron chi connectivity index (χ3n) is 4.85. The van der Waals surface area contributed by atoms with Gasteiger partial charge in [-0.1, -0.05) is 29.8 Å². The summed E-state index contributed by atoms with van der Waals surface area (Å²) >= 11 is 14.6. The van der Waals surface area contributed by atoms with E-state index in [2.05, 4.69) is 10.6 Å². The van der Waals surface area contributed by atoms with Crippen LogP contribution in [0.4, 0.5) is 5.00 Å². The van der Waals surface area contributed by atoms with Crippen LogP contribution in [0.3, 0.4) is 0 Å². The third kappa shape index (κ3) is 4.09. The van der Waals surface area contributed by atoms with Crippen LogP contribution in [0.25, 0.3) is 10.1 Å². The number of hydrogen-bond acceptors (Lipinski definition) is 6. The van der Waals surface area contributed by atoms with E-state index >= 15 is 0 Å². The van der Waals surface area contributed by atoms with Crippen LogP contribution in [0.1, 0.15) is 50.2 Å². The zero-order valence-corrected chi connectivity index (χ0v) is 19.4. The molecule has 0 bridgehead atoms. The van der Waals surface area contributed by atoms with Gasteiger partial charge < -0.3 is 10.1 Å². The van der Waals surface area contributed by atoms with E-state index in [4.69, 9.17) is 28.6 Å². The van der Waals surface area contributed by atoms with Crippen LogP contribution in [0, 0.1) is 0 Å². The lowest BCUT2D eigenvalue weighted by Crippen LogP contribution is -2.34. The summed E-state index contributed by atoms with van der Waals surface area (Å²) in [5.74, 6) is -0.737.